The summed E-state index contributed by atoms with van der Waals surface area (Å²) in [5, 5.41) is 5.75. The van der Waals surface area contributed by atoms with Crippen molar-refractivity contribution < 1.29 is 4.79 Å². The topological polar surface area (TPSA) is 42.0 Å². The summed E-state index contributed by atoms with van der Waals surface area (Å²) >= 11 is 6.42. The third kappa shape index (κ3) is 2.99. The summed E-state index contributed by atoms with van der Waals surface area (Å²) in [6, 6.07) is 3.97. The first kappa shape index (κ1) is 13.7. The Hall–Kier alpha value is -0.720. The number of carbonyl (C=O) groups excluding carboxylic acids is 1. The average Bonchev–Trinajstić information content (AvgIpc) is 2.85. The van der Waals surface area contributed by atoms with Gasteiger partial charge in [0.15, 0.2) is 3.92 Å². The molecule has 96 valence electrons. The summed E-state index contributed by atoms with van der Waals surface area (Å²) in [7, 11) is 0. The normalized spacial score (nSPS) is 11.6. The number of nitrogens with zero attached hydrogens (tertiary/aromatic N) is 1. The van der Waals surface area contributed by atoms with E-state index in [-0.39, 0.29) is 5.91 Å². The predicted octanol–water partition coefficient (Wildman–Crippen LogP) is 4.62. The van der Waals surface area contributed by atoms with Crippen molar-refractivity contribution >= 4 is 49.5 Å². The molecule has 0 aliphatic rings. The minimum absolute atomic E-state index is 0.00328. The number of anilines is 1. The Bertz CT molecular complexity index is 555. The van der Waals surface area contributed by atoms with Gasteiger partial charge >= 0.3 is 0 Å². The van der Waals surface area contributed by atoms with Gasteiger partial charge in [-0.05, 0) is 27.4 Å². The van der Waals surface area contributed by atoms with Crippen molar-refractivity contribution in [3.8, 4) is 10.6 Å². The lowest BCUT2D eigenvalue weighted by atomic mass is 9.96. The highest BCUT2D eigenvalue weighted by molar-refractivity contribution is 9.11. The van der Waals surface area contributed by atoms with Crippen LogP contribution < -0.4 is 5.32 Å². The molecule has 2 rings (SSSR count). The van der Waals surface area contributed by atoms with E-state index in [0.717, 1.165) is 19.5 Å². The Morgan fingerprint density at radius 2 is 2.17 bits per heavy atom. The van der Waals surface area contributed by atoms with Crippen LogP contribution >= 0.6 is 38.6 Å². The van der Waals surface area contributed by atoms with Crippen molar-refractivity contribution in [3.05, 3.63) is 21.4 Å². The first-order valence-corrected chi connectivity index (χ1v) is 7.88. The van der Waals surface area contributed by atoms with Crippen LogP contribution in [0.15, 0.2) is 21.4 Å². The Kier molecular flexibility index (Phi) is 3.89. The molecule has 0 saturated carbocycles. The molecule has 2 aromatic heterocycles. The van der Waals surface area contributed by atoms with E-state index >= 15 is 0 Å². The van der Waals surface area contributed by atoms with Gasteiger partial charge in [0.1, 0.15) is 10.7 Å². The van der Waals surface area contributed by atoms with Crippen LogP contribution in [0.25, 0.3) is 10.6 Å². The van der Waals surface area contributed by atoms with Crippen molar-refractivity contribution in [2.75, 3.05) is 5.32 Å². The van der Waals surface area contributed by atoms with Gasteiger partial charge in [-0.25, -0.2) is 4.98 Å². The van der Waals surface area contributed by atoms with E-state index in [2.05, 4.69) is 26.2 Å². The average molecular weight is 345 g/mol. The first-order valence-electron chi connectivity index (χ1n) is 5.39. The summed E-state index contributed by atoms with van der Waals surface area (Å²) in [5.41, 5.74) is 0.419. The Morgan fingerprint density at radius 1 is 1.44 bits per heavy atom. The van der Waals surface area contributed by atoms with Crippen molar-refractivity contribution in [2.24, 2.45) is 5.41 Å². The molecule has 0 spiro atoms. The lowest BCUT2D eigenvalue weighted by Crippen LogP contribution is -2.27. The van der Waals surface area contributed by atoms with E-state index in [9.17, 15) is 4.79 Å². The number of rotatable bonds is 2. The van der Waals surface area contributed by atoms with Gasteiger partial charge < -0.3 is 5.32 Å². The number of thiazole rings is 1. The molecule has 0 bridgehead atoms. The Morgan fingerprint density at radius 3 is 2.72 bits per heavy atom. The number of amides is 1. The zero-order chi connectivity index (χ0) is 13.3. The van der Waals surface area contributed by atoms with Gasteiger partial charge in [-0.1, -0.05) is 38.2 Å². The molecule has 2 aromatic rings. The Balaban J connectivity index is 2.32. The Labute approximate surface area is 122 Å². The summed E-state index contributed by atoms with van der Waals surface area (Å²) in [6.45, 7) is 5.68. The van der Waals surface area contributed by atoms with Gasteiger partial charge in [-0.2, -0.15) is 0 Å². The van der Waals surface area contributed by atoms with Crippen LogP contribution in [-0.4, -0.2) is 10.9 Å². The first-order chi connectivity index (χ1) is 8.38. The van der Waals surface area contributed by atoms with Crippen molar-refractivity contribution in [1.82, 2.24) is 4.98 Å². The summed E-state index contributed by atoms with van der Waals surface area (Å²) in [6.07, 6.45) is 0. The van der Waals surface area contributed by atoms with Crippen LogP contribution in [0.2, 0.25) is 0 Å². The number of hydrogen-bond donors (Lipinski definition) is 1. The molecule has 1 N–H and O–H groups in total. The molecule has 0 fully saturated rings. The van der Waals surface area contributed by atoms with Gasteiger partial charge in [-0.3, -0.25) is 4.79 Å². The fourth-order valence-electron chi connectivity index (χ4n) is 1.25. The molecule has 0 aliphatic heterocycles. The highest BCUT2D eigenvalue weighted by atomic mass is 79.9. The maximum absolute atomic E-state index is 12.0. The van der Waals surface area contributed by atoms with E-state index < -0.39 is 5.41 Å². The van der Waals surface area contributed by atoms with E-state index in [1.165, 1.54) is 11.3 Å². The van der Waals surface area contributed by atoms with Crippen molar-refractivity contribution in [3.63, 3.8) is 0 Å². The van der Waals surface area contributed by atoms with Crippen molar-refractivity contribution in [2.45, 2.75) is 20.8 Å². The third-order valence-electron chi connectivity index (χ3n) is 2.26. The maximum Gasteiger partial charge on any atom is 0.230 e. The molecule has 0 aromatic carbocycles. The molecule has 0 aliphatic carbocycles. The maximum atomic E-state index is 12.0. The zero-order valence-electron chi connectivity index (χ0n) is 10.3. The fraction of sp³-hybridized carbons (Fsp3) is 0.333. The van der Waals surface area contributed by atoms with Crippen LogP contribution in [0.3, 0.4) is 0 Å². The summed E-state index contributed by atoms with van der Waals surface area (Å²) in [5.74, 6) is -0.00328. The number of halogens is 1. The molecule has 2 heterocycles. The molecule has 1 amide bonds. The lowest BCUT2D eigenvalue weighted by molar-refractivity contribution is -0.123. The molecule has 3 nitrogen and oxygen atoms in total. The van der Waals surface area contributed by atoms with Crippen LogP contribution in [0.4, 0.5) is 5.00 Å². The molecule has 0 radical (unpaired) electrons. The number of nitrogens with one attached hydrogen (secondary N) is 1. The van der Waals surface area contributed by atoms with Gasteiger partial charge in [-0.15, -0.1) is 11.3 Å². The van der Waals surface area contributed by atoms with Crippen LogP contribution in [0, 0.1) is 5.41 Å². The van der Waals surface area contributed by atoms with E-state index in [1.54, 1.807) is 11.3 Å². The monoisotopic (exact) mass is 344 g/mol. The second kappa shape index (κ2) is 5.11. The van der Waals surface area contributed by atoms with Crippen LogP contribution in [0.1, 0.15) is 20.8 Å². The lowest BCUT2D eigenvalue weighted by Gasteiger charge is -2.17. The molecule has 0 saturated heterocycles. The summed E-state index contributed by atoms with van der Waals surface area (Å²) < 4.78 is 0.773. The van der Waals surface area contributed by atoms with Gasteiger partial charge in [0.2, 0.25) is 5.91 Å². The highest BCUT2D eigenvalue weighted by Gasteiger charge is 2.24. The minimum atomic E-state index is -0.414. The second-order valence-corrected chi connectivity index (χ2v) is 8.05. The zero-order valence-corrected chi connectivity index (χ0v) is 13.5. The number of aromatic nitrogens is 1. The fourth-order valence-corrected chi connectivity index (χ4v) is 3.40. The number of carbonyl (C=O) groups is 1. The van der Waals surface area contributed by atoms with Crippen LogP contribution in [0.5, 0.6) is 0 Å². The number of thiophene rings is 1. The second-order valence-electron chi connectivity index (χ2n) is 4.83. The van der Waals surface area contributed by atoms with Crippen LogP contribution in [-0.2, 0) is 4.79 Å². The smallest absolute Gasteiger partial charge is 0.230 e. The number of hydrogen-bond acceptors (Lipinski definition) is 4. The van der Waals surface area contributed by atoms with Gasteiger partial charge in [0, 0.05) is 5.41 Å². The van der Waals surface area contributed by atoms with Crippen molar-refractivity contribution in [1.29, 1.82) is 0 Å². The molecule has 0 atom stereocenters. The van der Waals surface area contributed by atoms with E-state index in [1.807, 2.05) is 38.3 Å². The van der Waals surface area contributed by atoms with E-state index in [4.69, 9.17) is 0 Å². The standard InChI is InChI=1S/C12H13BrN2OS2/c1-12(2,3)10(16)15-9-8(14-11(13)18-9)7-5-4-6-17-7/h4-6H,1-3H3,(H,15,16). The third-order valence-corrected chi connectivity index (χ3v) is 4.56. The molecular formula is C12H13BrN2OS2. The largest absolute Gasteiger partial charge is 0.315 e. The van der Waals surface area contributed by atoms with Gasteiger partial charge in [0.25, 0.3) is 0 Å². The SMILES string of the molecule is CC(C)(C)C(=O)Nc1sc(Br)nc1-c1cccs1. The molecule has 0 unspecified atom stereocenters. The highest BCUT2D eigenvalue weighted by Crippen LogP contribution is 2.38. The molecule has 18 heavy (non-hydrogen) atoms. The molecular weight excluding hydrogens is 332 g/mol. The summed E-state index contributed by atoms with van der Waals surface area (Å²) in [4.78, 5) is 17.5. The quantitative estimate of drug-likeness (QED) is 0.863. The van der Waals surface area contributed by atoms with Gasteiger partial charge in [0.05, 0.1) is 4.88 Å². The molecule has 6 heteroatoms. The van der Waals surface area contributed by atoms with E-state index in [0.29, 0.717) is 0 Å². The minimum Gasteiger partial charge on any atom is -0.315 e. The predicted molar refractivity (Wildman–Crippen MR) is 81.2 cm³/mol.